The van der Waals surface area contributed by atoms with Gasteiger partial charge in [0, 0.05) is 11.5 Å². The van der Waals surface area contributed by atoms with E-state index in [1.807, 2.05) is 44.2 Å². The number of hydrogen-bond donors (Lipinski definition) is 2. The highest BCUT2D eigenvalue weighted by molar-refractivity contribution is 5.45. The third kappa shape index (κ3) is 2.26. The minimum Gasteiger partial charge on any atom is -0.508 e. The first kappa shape index (κ1) is 11.5. The SMILES string of the molecule is Cc1cccc(C(C)c2ccc(O)cc2)c1O. The molecule has 0 amide bonds. The fraction of sp³-hybridized carbons (Fsp3) is 0.200. The molecule has 0 fully saturated rings. The second-order valence-electron chi connectivity index (χ2n) is 4.33. The van der Waals surface area contributed by atoms with E-state index in [0.29, 0.717) is 5.75 Å². The maximum Gasteiger partial charge on any atom is 0.122 e. The van der Waals surface area contributed by atoms with Crippen molar-refractivity contribution in [3.63, 3.8) is 0 Å². The highest BCUT2D eigenvalue weighted by Crippen LogP contribution is 2.33. The van der Waals surface area contributed by atoms with E-state index < -0.39 is 0 Å². The fourth-order valence-electron chi connectivity index (χ4n) is 1.97. The molecular weight excluding hydrogens is 212 g/mol. The van der Waals surface area contributed by atoms with Crippen molar-refractivity contribution in [3.05, 3.63) is 59.2 Å². The molecule has 1 unspecified atom stereocenters. The summed E-state index contributed by atoms with van der Waals surface area (Å²) in [5.41, 5.74) is 2.87. The largest absolute Gasteiger partial charge is 0.508 e. The molecule has 0 saturated carbocycles. The minimum absolute atomic E-state index is 0.107. The third-order valence-electron chi connectivity index (χ3n) is 3.13. The third-order valence-corrected chi connectivity index (χ3v) is 3.13. The average Bonchev–Trinajstić information content (AvgIpc) is 2.33. The summed E-state index contributed by atoms with van der Waals surface area (Å²) in [5, 5.41) is 19.3. The standard InChI is InChI=1S/C15H16O2/c1-10-4-3-5-14(15(10)17)11(2)12-6-8-13(16)9-7-12/h3-9,11,16-17H,1-2H3. The van der Waals surface area contributed by atoms with Gasteiger partial charge in [-0.3, -0.25) is 0 Å². The maximum atomic E-state index is 10.0. The molecule has 2 nitrogen and oxygen atoms in total. The zero-order valence-electron chi connectivity index (χ0n) is 10.0. The molecule has 2 N–H and O–H groups in total. The van der Waals surface area contributed by atoms with Crippen molar-refractivity contribution in [2.75, 3.05) is 0 Å². The van der Waals surface area contributed by atoms with Crippen molar-refractivity contribution in [1.29, 1.82) is 0 Å². The van der Waals surface area contributed by atoms with Crippen LogP contribution in [0.25, 0.3) is 0 Å². The van der Waals surface area contributed by atoms with Crippen molar-refractivity contribution >= 4 is 0 Å². The summed E-state index contributed by atoms with van der Waals surface area (Å²) < 4.78 is 0. The van der Waals surface area contributed by atoms with Crippen LogP contribution in [0, 0.1) is 6.92 Å². The van der Waals surface area contributed by atoms with E-state index in [4.69, 9.17) is 0 Å². The maximum absolute atomic E-state index is 10.0. The number of phenolic OH excluding ortho intramolecular Hbond substituents is 2. The molecule has 0 bridgehead atoms. The molecule has 0 spiro atoms. The van der Waals surface area contributed by atoms with Gasteiger partial charge in [-0.05, 0) is 30.2 Å². The lowest BCUT2D eigenvalue weighted by molar-refractivity contribution is 0.462. The Bertz CT molecular complexity index is 515. The molecule has 0 aliphatic rings. The summed E-state index contributed by atoms with van der Waals surface area (Å²) in [4.78, 5) is 0. The molecule has 0 aliphatic carbocycles. The number of aryl methyl sites for hydroxylation is 1. The van der Waals surface area contributed by atoms with Gasteiger partial charge in [-0.2, -0.15) is 0 Å². The Morgan fingerprint density at radius 2 is 1.59 bits per heavy atom. The van der Waals surface area contributed by atoms with Crippen LogP contribution in [-0.4, -0.2) is 10.2 Å². The topological polar surface area (TPSA) is 40.5 Å². The number of rotatable bonds is 2. The van der Waals surface area contributed by atoms with Crippen LogP contribution < -0.4 is 0 Å². The molecule has 0 aromatic heterocycles. The average molecular weight is 228 g/mol. The molecule has 0 radical (unpaired) electrons. The fourth-order valence-corrected chi connectivity index (χ4v) is 1.97. The number of aromatic hydroxyl groups is 2. The minimum atomic E-state index is 0.107. The molecular formula is C15H16O2. The summed E-state index contributed by atoms with van der Waals surface area (Å²) in [5.74, 6) is 0.720. The first-order valence-corrected chi connectivity index (χ1v) is 5.67. The van der Waals surface area contributed by atoms with Crippen LogP contribution in [0.4, 0.5) is 0 Å². The quantitative estimate of drug-likeness (QED) is 0.825. The smallest absolute Gasteiger partial charge is 0.122 e. The Labute approximate surface area is 101 Å². The highest BCUT2D eigenvalue weighted by atomic mass is 16.3. The summed E-state index contributed by atoms with van der Waals surface area (Å²) in [6.07, 6.45) is 0. The highest BCUT2D eigenvalue weighted by Gasteiger charge is 2.13. The summed E-state index contributed by atoms with van der Waals surface area (Å²) >= 11 is 0. The molecule has 2 rings (SSSR count). The zero-order chi connectivity index (χ0) is 12.4. The monoisotopic (exact) mass is 228 g/mol. The number of para-hydroxylation sites is 1. The number of benzene rings is 2. The Morgan fingerprint density at radius 3 is 2.24 bits per heavy atom. The predicted molar refractivity (Wildman–Crippen MR) is 68.5 cm³/mol. The lowest BCUT2D eigenvalue weighted by Gasteiger charge is -2.15. The predicted octanol–water partition coefficient (Wildman–Crippen LogP) is 3.56. The molecule has 0 heterocycles. The van der Waals surface area contributed by atoms with Crippen molar-refractivity contribution in [2.45, 2.75) is 19.8 Å². The van der Waals surface area contributed by atoms with Crippen molar-refractivity contribution < 1.29 is 10.2 Å². The van der Waals surface area contributed by atoms with E-state index in [1.165, 1.54) is 0 Å². The van der Waals surface area contributed by atoms with E-state index in [2.05, 4.69) is 0 Å². The Balaban J connectivity index is 2.40. The Morgan fingerprint density at radius 1 is 0.941 bits per heavy atom. The summed E-state index contributed by atoms with van der Waals surface area (Å²) in [6.45, 7) is 3.93. The molecule has 2 heteroatoms. The lowest BCUT2D eigenvalue weighted by atomic mass is 9.91. The van der Waals surface area contributed by atoms with E-state index >= 15 is 0 Å². The van der Waals surface area contributed by atoms with Gasteiger partial charge in [-0.15, -0.1) is 0 Å². The lowest BCUT2D eigenvalue weighted by Crippen LogP contribution is -1.97. The van der Waals surface area contributed by atoms with Gasteiger partial charge in [0.1, 0.15) is 11.5 Å². The van der Waals surface area contributed by atoms with Crippen molar-refractivity contribution in [1.82, 2.24) is 0 Å². The summed E-state index contributed by atoms with van der Waals surface area (Å²) in [6, 6.07) is 12.9. The van der Waals surface area contributed by atoms with E-state index in [1.54, 1.807) is 12.1 Å². The van der Waals surface area contributed by atoms with Crippen LogP contribution in [0.15, 0.2) is 42.5 Å². The Hall–Kier alpha value is -1.96. The van der Waals surface area contributed by atoms with Crippen molar-refractivity contribution in [3.8, 4) is 11.5 Å². The van der Waals surface area contributed by atoms with Gasteiger partial charge in [0.2, 0.25) is 0 Å². The van der Waals surface area contributed by atoms with Gasteiger partial charge in [0.25, 0.3) is 0 Å². The first-order chi connectivity index (χ1) is 8.09. The molecule has 0 aliphatic heterocycles. The van der Waals surface area contributed by atoms with Crippen LogP contribution in [-0.2, 0) is 0 Å². The van der Waals surface area contributed by atoms with E-state index in [9.17, 15) is 10.2 Å². The zero-order valence-corrected chi connectivity index (χ0v) is 10.0. The van der Waals surface area contributed by atoms with Gasteiger partial charge >= 0.3 is 0 Å². The van der Waals surface area contributed by atoms with Crippen LogP contribution in [0.3, 0.4) is 0 Å². The van der Waals surface area contributed by atoms with Gasteiger partial charge in [-0.25, -0.2) is 0 Å². The van der Waals surface area contributed by atoms with Gasteiger partial charge in [0.05, 0.1) is 0 Å². The van der Waals surface area contributed by atoms with Gasteiger partial charge in [-0.1, -0.05) is 37.3 Å². The van der Waals surface area contributed by atoms with Crippen LogP contribution in [0.1, 0.15) is 29.5 Å². The number of phenols is 2. The van der Waals surface area contributed by atoms with Gasteiger partial charge < -0.3 is 10.2 Å². The van der Waals surface area contributed by atoms with Crippen LogP contribution in [0.2, 0.25) is 0 Å². The second-order valence-corrected chi connectivity index (χ2v) is 4.33. The van der Waals surface area contributed by atoms with Crippen molar-refractivity contribution in [2.24, 2.45) is 0 Å². The molecule has 88 valence electrons. The van der Waals surface area contributed by atoms with Gasteiger partial charge in [0.15, 0.2) is 0 Å². The molecule has 2 aromatic carbocycles. The normalized spacial score (nSPS) is 12.4. The number of hydrogen-bond acceptors (Lipinski definition) is 2. The first-order valence-electron chi connectivity index (χ1n) is 5.67. The van der Waals surface area contributed by atoms with E-state index in [-0.39, 0.29) is 11.7 Å². The molecule has 17 heavy (non-hydrogen) atoms. The Kier molecular flexibility index (Phi) is 3.05. The van der Waals surface area contributed by atoms with E-state index in [0.717, 1.165) is 16.7 Å². The molecule has 0 saturated heterocycles. The molecule has 1 atom stereocenters. The second kappa shape index (κ2) is 4.50. The summed E-state index contributed by atoms with van der Waals surface area (Å²) in [7, 11) is 0. The molecule has 2 aromatic rings. The van der Waals surface area contributed by atoms with Crippen LogP contribution >= 0.6 is 0 Å². The van der Waals surface area contributed by atoms with Crippen LogP contribution in [0.5, 0.6) is 11.5 Å².